The first-order chi connectivity index (χ1) is 9.39. The van der Waals surface area contributed by atoms with Gasteiger partial charge in [-0.1, -0.05) is 6.07 Å². The van der Waals surface area contributed by atoms with Crippen LogP contribution in [0.25, 0.3) is 0 Å². The molecule has 1 amide bonds. The van der Waals surface area contributed by atoms with Gasteiger partial charge in [0.25, 0.3) is 10.1 Å². The van der Waals surface area contributed by atoms with E-state index < -0.39 is 10.1 Å². The Labute approximate surface area is 117 Å². The number of nitrogens with zero attached hydrogens (tertiary/aromatic N) is 1. The highest BCUT2D eigenvalue weighted by Gasteiger charge is 2.08. The van der Waals surface area contributed by atoms with Crippen LogP contribution in [0.3, 0.4) is 0 Å². The first kappa shape index (κ1) is 15.8. The summed E-state index contributed by atoms with van der Waals surface area (Å²) in [5.41, 5.74) is 0.477. The summed E-state index contributed by atoms with van der Waals surface area (Å²) < 4.78 is 29.9. The maximum absolute atomic E-state index is 10.6. The lowest BCUT2D eigenvalue weighted by molar-refractivity contribution is -0.114. The zero-order valence-electron chi connectivity index (χ0n) is 10.7. The van der Waals surface area contributed by atoms with Crippen LogP contribution in [0.5, 0.6) is 0 Å². The summed E-state index contributed by atoms with van der Waals surface area (Å²) in [6, 6.07) is 10.9. The van der Waals surface area contributed by atoms with Crippen molar-refractivity contribution in [2.45, 2.75) is 11.8 Å². The second-order valence-corrected chi connectivity index (χ2v) is 5.13. The molecule has 6 nitrogen and oxygen atoms in total. The molecule has 0 bridgehead atoms. The van der Waals surface area contributed by atoms with Crippen LogP contribution in [0.15, 0.2) is 59.8 Å². The highest BCUT2D eigenvalue weighted by molar-refractivity contribution is 7.85. The van der Waals surface area contributed by atoms with Gasteiger partial charge in [-0.25, -0.2) is 0 Å². The lowest BCUT2D eigenvalue weighted by Gasteiger charge is -2.01. The number of hydrogen-bond donors (Lipinski definition) is 2. The van der Waals surface area contributed by atoms with E-state index >= 15 is 0 Å². The van der Waals surface area contributed by atoms with Gasteiger partial charge in [-0.2, -0.15) is 8.42 Å². The molecule has 0 fully saturated rings. The lowest BCUT2D eigenvalue weighted by Crippen LogP contribution is -2.06. The summed E-state index contributed by atoms with van der Waals surface area (Å²) in [5, 5.41) is 2.47. The van der Waals surface area contributed by atoms with Gasteiger partial charge < -0.3 is 5.32 Å². The maximum atomic E-state index is 10.6. The number of hydrogen-bond acceptors (Lipinski definition) is 4. The molecule has 106 valence electrons. The largest absolute Gasteiger partial charge is 0.326 e. The summed E-state index contributed by atoms with van der Waals surface area (Å²) in [4.78, 5) is 14.2. The van der Waals surface area contributed by atoms with E-state index in [4.69, 9.17) is 4.55 Å². The highest BCUT2D eigenvalue weighted by atomic mass is 32.2. The minimum Gasteiger partial charge on any atom is -0.326 e. The fourth-order valence-electron chi connectivity index (χ4n) is 1.23. The molecule has 0 unspecified atom stereocenters. The molecule has 2 N–H and O–H groups in total. The van der Waals surface area contributed by atoms with Crippen molar-refractivity contribution in [3.05, 3.63) is 54.9 Å². The number of pyridine rings is 1. The normalized spacial score (nSPS) is 10.1. The van der Waals surface area contributed by atoms with Crippen LogP contribution in [0.1, 0.15) is 6.92 Å². The van der Waals surface area contributed by atoms with E-state index in [0.29, 0.717) is 5.69 Å². The monoisotopic (exact) mass is 294 g/mol. The number of nitrogens with one attached hydrogen (secondary N) is 1. The maximum Gasteiger partial charge on any atom is 0.294 e. The molecule has 7 heteroatoms. The van der Waals surface area contributed by atoms with Crippen molar-refractivity contribution in [2.24, 2.45) is 0 Å². The van der Waals surface area contributed by atoms with Crippen LogP contribution in [-0.2, 0) is 14.9 Å². The van der Waals surface area contributed by atoms with Gasteiger partial charge in [0, 0.05) is 25.0 Å². The first-order valence-electron chi connectivity index (χ1n) is 5.60. The molecule has 1 aromatic heterocycles. The van der Waals surface area contributed by atoms with Gasteiger partial charge in [-0.3, -0.25) is 14.3 Å². The molecule has 0 atom stereocenters. The van der Waals surface area contributed by atoms with E-state index in [2.05, 4.69) is 10.3 Å². The Hall–Kier alpha value is -2.25. The summed E-state index contributed by atoms with van der Waals surface area (Å²) >= 11 is 0. The molecule has 0 aliphatic rings. The zero-order valence-corrected chi connectivity index (χ0v) is 11.5. The number of rotatable bonds is 2. The topological polar surface area (TPSA) is 96.4 Å². The molecular formula is C13H14N2O4S. The Balaban J connectivity index is 0.000000276. The van der Waals surface area contributed by atoms with Crippen molar-refractivity contribution in [2.75, 3.05) is 5.32 Å². The van der Waals surface area contributed by atoms with Crippen LogP contribution in [-0.4, -0.2) is 23.9 Å². The van der Waals surface area contributed by atoms with Crippen molar-refractivity contribution in [1.82, 2.24) is 4.98 Å². The van der Waals surface area contributed by atoms with Gasteiger partial charge >= 0.3 is 0 Å². The molecule has 2 rings (SSSR count). The Kier molecular flexibility index (Phi) is 5.82. The number of amides is 1. The van der Waals surface area contributed by atoms with Gasteiger partial charge in [-0.15, -0.1) is 0 Å². The highest BCUT2D eigenvalue weighted by Crippen LogP contribution is 2.13. The van der Waals surface area contributed by atoms with E-state index in [0.717, 1.165) is 0 Å². The molecular weight excluding hydrogens is 280 g/mol. The van der Waals surface area contributed by atoms with Crippen molar-refractivity contribution in [3.8, 4) is 0 Å². The minimum atomic E-state index is -4.16. The fraction of sp³-hybridized carbons (Fsp3) is 0.0769. The van der Waals surface area contributed by atoms with Crippen molar-refractivity contribution < 1.29 is 17.8 Å². The van der Waals surface area contributed by atoms with E-state index in [1.54, 1.807) is 12.4 Å². The number of carbonyl (C=O) groups excluding carboxylic acids is 1. The predicted molar refractivity (Wildman–Crippen MR) is 74.8 cm³/mol. The standard InChI is InChI=1S/C8H9NO4S.C5H5N/c1-6(10)9-7-2-4-8(5-3-7)14(11,12)13;1-2-4-6-5-3-1/h2-5H,1H3,(H,9,10)(H,11,12,13);1-5H. The van der Waals surface area contributed by atoms with E-state index in [1.807, 2.05) is 18.2 Å². The molecule has 0 spiro atoms. The molecule has 0 radical (unpaired) electrons. The molecule has 1 aromatic carbocycles. The fourth-order valence-corrected chi connectivity index (χ4v) is 1.71. The second kappa shape index (κ2) is 7.37. The Bertz CT molecular complexity index is 613. The SMILES string of the molecule is CC(=O)Nc1ccc(S(=O)(=O)O)cc1.c1ccncc1. The summed E-state index contributed by atoms with van der Waals surface area (Å²) in [6.45, 7) is 1.34. The van der Waals surface area contributed by atoms with Crippen LogP contribution in [0.4, 0.5) is 5.69 Å². The van der Waals surface area contributed by atoms with E-state index in [1.165, 1.54) is 31.2 Å². The van der Waals surface area contributed by atoms with Crippen molar-refractivity contribution in [1.29, 1.82) is 0 Å². The smallest absolute Gasteiger partial charge is 0.294 e. The van der Waals surface area contributed by atoms with E-state index in [9.17, 15) is 13.2 Å². The average Bonchev–Trinajstić information content (AvgIpc) is 2.40. The summed E-state index contributed by atoms with van der Waals surface area (Å²) in [6.07, 6.45) is 3.50. The van der Waals surface area contributed by atoms with Crippen LogP contribution in [0.2, 0.25) is 0 Å². The molecule has 0 saturated carbocycles. The Morgan fingerprint density at radius 1 is 1.10 bits per heavy atom. The lowest BCUT2D eigenvalue weighted by atomic mass is 10.3. The molecule has 20 heavy (non-hydrogen) atoms. The van der Waals surface area contributed by atoms with Crippen LogP contribution in [0, 0.1) is 0 Å². The third kappa shape index (κ3) is 6.07. The molecule has 1 heterocycles. The predicted octanol–water partition coefficient (Wildman–Crippen LogP) is 1.97. The summed E-state index contributed by atoms with van der Waals surface area (Å²) in [7, 11) is -4.16. The number of benzene rings is 1. The van der Waals surface area contributed by atoms with E-state index in [-0.39, 0.29) is 10.8 Å². The quantitative estimate of drug-likeness (QED) is 0.825. The second-order valence-electron chi connectivity index (χ2n) is 3.71. The molecule has 0 saturated heterocycles. The summed E-state index contributed by atoms with van der Waals surface area (Å²) in [5.74, 6) is -0.246. The van der Waals surface area contributed by atoms with Gasteiger partial charge in [0.1, 0.15) is 0 Å². The number of aromatic nitrogens is 1. The van der Waals surface area contributed by atoms with Gasteiger partial charge in [-0.05, 0) is 36.4 Å². The zero-order chi connectivity index (χ0) is 15.0. The van der Waals surface area contributed by atoms with Crippen LogP contribution < -0.4 is 5.32 Å². The number of carbonyl (C=O) groups is 1. The number of anilines is 1. The molecule has 0 aliphatic heterocycles. The first-order valence-corrected chi connectivity index (χ1v) is 7.04. The van der Waals surface area contributed by atoms with Crippen LogP contribution >= 0.6 is 0 Å². The molecule has 2 aromatic rings. The third-order valence-corrected chi connectivity index (χ3v) is 2.91. The van der Waals surface area contributed by atoms with Gasteiger partial charge in [0.05, 0.1) is 4.90 Å². The molecule has 0 aliphatic carbocycles. The van der Waals surface area contributed by atoms with Gasteiger partial charge in [0.2, 0.25) is 5.91 Å². The Morgan fingerprint density at radius 3 is 1.95 bits per heavy atom. The third-order valence-electron chi connectivity index (χ3n) is 2.04. The van der Waals surface area contributed by atoms with Crippen molar-refractivity contribution >= 4 is 21.7 Å². The Morgan fingerprint density at radius 2 is 1.65 bits per heavy atom. The minimum absolute atomic E-state index is 0.202. The van der Waals surface area contributed by atoms with Crippen molar-refractivity contribution in [3.63, 3.8) is 0 Å². The average molecular weight is 294 g/mol. The van der Waals surface area contributed by atoms with Gasteiger partial charge in [0.15, 0.2) is 0 Å².